The molecule has 4 rings (SSSR count). The summed E-state index contributed by atoms with van der Waals surface area (Å²) in [5.41, 5.74) is 6.68. The molecular formula is C20H23NO. The third-order valence-electron chi connectivity index (χ3n) is 5.13. The van der Waals surface area contributed by atoms with E-state index in [0.29, 0.717) is 12.0 Å². The van der Waals surface area contributed by atoms with Gasteiger partial charge in [0, 0.05) is 23.8 Å². The second-order valence-electron chi connectivity index (χ2n) is 6.67. The molecule has 0 aromatic heterocycles. The Bertz CT molecular complexity index is 694. The first-order valence-electron chi connectivity index (χ1n) is 8.28. The van der Waals surface area contributed by atoms with Crippen molar-refractivity contribution in [2.75, 3.05) is 11.9 Å². The summed E-state index contributed by atoms with van der Waals surface area (Å²) in [5.74, 6) is 0.519. The molecule has 2 aliphatic heterocycles. The quantitative estimate of drug-likeness (QED) is 0.804. The molecule has 2 aromatic carbocycles. The third kappa shape index (κ3) is 2.22. The normalized spacial score (nSPS) is 26.7. The minimum atomic E-state index is 0.233. The van der Waals surface area contributed by atoms with Gasteiger partial charge in [-0.25, -0.2) is 0 Å². The SMILES string of the molecule is Cc1ccc([C@@H]2Nc3ccccc3[C@H]3OCCC[C@H]32)c(C)c1. The molecule has 22 heavy (non-hydrogen) atoms. The van der Waals surface area contributed by atoms with Crippen molar-refractivity contribution in [3.05, 3.63) is 64.7 Å². The Balaban J connectivity index is 1.79. The van der Waals surface area contributed by atoms with Crippen LogP contribution < -0.4 is 5.32 Å². The zero-order chi connectivity index (χ0) is 15.1. The molecule has 0 aliphatic carbocycles. The van der Waals surface area contributed by atoms with E-state index >= 15 is 0 Å². The van der Waals surface area contributed by atoms with Crippen molar-refractivity contribution >= 4 is 5.69 Å². The van der Waals surface area contributed by atoms with Crippen LogP contribution in [0.3, 0.4) is 0 Å². The first-order valence-corrected chi connectivity index (χ1v) is 8.28. The van der Waals surface area contributed by atoms with Crippen molar-refractivity contribution in [3.63, 3.8) is 0 Å². The summed E-state index contributed by atoms with van der Waals surface area (Å²) in [7, 11) is 0. The van der Waals surface area contributed by atoms with E-state index < -0.39 is 0 Å². The number of anilines is 1. The summed E-state index contributed by atoms with van der Waals surface area (Å²) >= 11 is 0. The van der Waals surface area contributed by atoms with Gasteiger partial charge in [-0.2, -0.15) is 0 Å². The summed E-state index contributed by atoms with van der Waals surface area (Å²) in [6, 6.07) is 15.8. The van der Waals surface area contributed by atoms with Crippen LogP contribution in [0.25, 0.3) is 0 Å². The highest BCUT2D eigenvalue weighted by Crippen LogP contribution is 2.49. The van der Waals surface area contributed by atoms with E-state index in [0.717, 1.165) is 13.0 Å². The van der Waals surface area contributed by atoms with Gasteiger partial charge in [-0.15, -0.1) is 0 Å². The second-order valence-corrected chi connectivity index (χ2v) is 6.67. The highest BCUT2D eigenvalue weighted by atomic mass is 16.5. The van der Waals surface area contributed by atoms with Crippen LogP contribution in [0, 0.1) is 19.8 Å². The maximum atomic E-state index is 6.18. The fraction of sp³-hybridized carbons (Fsp3) is 0.400. The van der Waals surface area contributed by atoms with Crippen molar-refractivity contribution in [2.24, 2.45) is 5.92 Å². The average Bonchev–Trinajstić information content (AvgIpc) is 2.54. The fourth-order valence-corrected chi connectivity index (χ4v) is 4.10. The van der Waals surface area contributed by atoms with Gasteiger partial charge in [0.1, 0.15) is 0 Å². The van der Waals surface area contributed by atoms with Gasteiger partial charge < -0.3 is 10.1 Å². The van der Waals surface area contributed by atoms with Gasteiger partial charge in [0.2, 0.25) is 0 Å². The Morgan fingerprint density at radius 1 is 1.05 bits per heavy atom. The van der Waals surface area contributed by atoms with Crippen molar-refractivity contribution in [2.45, 2.75) is 38.8 Å². The molecule has 2 aromatic rings. The van der Waals surface area contributed by atoms with E-state index in [9.17, 15) is 0 Å². The Morgan fingerprint density at radius 3 is 2.77 bits per heavy atom. The van der Waals surface area contributed by atoms with Crippen molar-refractivity contribution in [1.29, 1.82) is 0 Å². The monoisotopic (exact) mass is 293 g/mol. The number of hydrogen-bond acceptors (Lipinski definition) is 2. The van der Waals surface area contributed by atoms with E-state index in [1.807, 2.05) is 0 Å². The number of fused-ring (bicyclic) bond motifs is 3. The smallest absolute Gasteiger partial charge is 0.0895 e. The molecule has 2 nitrogen and oxygen atoms in total. The van der Waals surface area contributed by atoms with Crippen LogP contribution in [0.5, 0.6) is 0 Å². The largest absolute Gasteiger partial charge is 0.378 e. The fourth-order valence-electron chi connectivity index (χ4n) is 4.10. The minimum Gasteiger partial charge on any atom is -0.378 e. The Hall–Kier alpha value is -1.80. The molecule has 0 spiro atoms. The predicted octanol–water partition coefficient (Wildman–Crippen LogP) is 4.94. The molecular weight excluding hydrogens is 270 g/mol. The standard InChI is InChI=1S/C20H23NO/c1-13-9-10-15(14(2)12-13)19-17-7-5-11-22-20(17)16-6-3-4-8-18(16)21-19/h3-4,6,8-10,12,17,19-21H,5,7,11H2,1-2H3/t17-,19-,20+/m0/s1. The van der Waals surface area contributed by atoms with E-state index in [-0.39, 0.29) is 6.10 Å². The van der Waals surface area contributed by atoms with E-state index in [1.54, 1.807) is 0 Å². The van der Waals surface area contributed by atoms with Crippen LogP contribution >= 0.6 is 0 Å². The summed E-state index contributed by atoms with van der Waals surface area (Å²) in [6.45, 7) is 5.27. The molecule has 1 fully saturated rings. The van der Waals surface area contributed by atoms with Crippen LogP contribution in [-0.2, 0) is 4.74 Å². The maximum Gasteiger partial charge on any atom is 0.0895 e. The van der Waals surface area contributed by atoms with E-state index in [2.05, 4.69) is 61.6 Å². The number of rotatable bonds is 1. The van der Waals surface area contributed by atoms with Gasteiger partial charge in [-0.05, 0) is 43.9 Å². The van der Waals surface area contributed by atoms with E-state index in [4.69, 9.17) is 4.74 Å². The lowest BCUT2D eigenvalue weighted by Crippen LogP contribution is -2.36. The second kappa shape index (κ2) is 5.44. The van der Waals surface area contributed by atoms with Crippen LogP contribution in [-0.4, -0.2) is 6.61 Å². The molecule has 2 heteroatoms. The number of ether oxygens (including phenoxy) is 1. The molecule has 0 bridgehead atoms. The molecule has 0 amide bonds. The van der Waals surface area contributed by atoms with Gasteiger partial charge in [-0.1, -0.05) is 42.0 Å². The summed E-state index contributed by atoms with van der Waals surface area (Å²) in [5, 5.41) is 3.79. The highest BCUT2D eigenvalue weighted by Gasteiger charge is 2.39. The van der Waals surface area contributed by atoms with Crippen LogP contribution in [0.2, 0.25) is 0 Å². The highest BCUT2D eigenvalue weighted by molar-refractivity contribution is 5.57. The number of benzene rings is 2. The molecule has 3 atom stereocenters. The van der Waals surface area contributed by atoms with Crippen LogP contribution in [0.1, 0.15) is 47.2 Å². The lowest BCUT2D eigenvalue weighted by molar-refractivity contribution is -0.0381. The number of nitrogens with one attached hydrogen (secondary N) is 1. The van der Waals surface area contributed by atoms with Crippen molar-refractivity contribution in [3.8, 4) is 0 Å². The van der Waals surface area contributed by atoms with Crippen molar-refractivity contribution in [1.82, 2.24) is 0 Å². The van der Waals surface area contributed by atoms with Gasteiger partial charge in [0.05, 0.1) is 12.1 Å². The van der Waals surface area contributed by atoms with Gasteiger partial charge in [0.15, 0.2) is 0 Å². The molecule has 0 saturated carbocycles. The van der Waals surface area contributed by atoms with Crippen molar-refractivity contribution < 1.29 is 4.74 Å². The molecule has 1 N–H and O–H groups in total. The predicted molar refractivity (Wildman–Crippen MR) is 90.1 cm³/mol. The number of hydrogen-bond donors (Lipinski definition) is 1. The Kier molecular flexibility index (Phi) is 3.42. The zero-order valence-corrected chi connectivity index (χ0v) is 13.3. The minimum absolute atomic E-state index is 0.233. The molecule has 2 aliphatic rings. The lowest BCUT2D eigenvalue weighted by atomic mass is 9.76. The molecule has 1 saturated heterocycles. The van der Waals surface area contributed by atoms with E-state index in [1.165, 1.54) is 34.4 Å². The van der Waals surface area contributed by atoms with Crippen LogP contribution in [0.15, 0.2) is 42.5 Å². The molecule has 2 heterocycles. The Labute approximate surface area is 132 Å². The third-order valence-corrected chi connectivity index (χ3v) is 5.13. The first-order chi connectivity index (χ1) is 10.7. The molecule has 114 valence electrons. The zero-order valence-electron chi connectivity index (χ0n) is 13.3. The topological polar surface area (TPSA) is 21.3 Å². The summed E-state index contributed by atoms with van der Waals surface area (Å²) < 4.78 is 6.18. The van der Waals surface area contributed by atoms with Gasteiger partial charge in [-0.3, -0.25) is 0 Å². The number of para-hydroxylation sites is 1. The lowest BCUT2D eigenvalue weighted by Gasteiger charge is -2.43. The summed E-state index contributed by atoms with van der Waals surface area (Å²) in [4.78, 5) is 0. The maximum absolute atomic E-state index is 6.18. The summed E-state index contributed by atoms with van der Waals surface area (Å²) in [6.07, 6.45) is 2.62. The average molecular weight is 293 g/mol. The number of aryl methyl sites for hydroxylation is 2. The van der Waals surface area contributed by atoms with Crippen LogP contribution in [0.4, 0.5) is 5.69 Å². The first kappa shape index (κ1) is 13.8. The van der Waals surface area contributed by atoms with Gasteiger partial charge in [0.25, 0.3) is 0 Å². The molecule has 0 radical (unpaired) electrons. The van der Waals surface area contributed by atoms with Gasteiger partial charge >= 0.3 is 0 Å². The Morgan fingerprint density at radius 2 is 1.91 bits per heavy atom. The molecule has 0 unspecified atom stereocenters.